The zero-order valence-corrected chi connectivity index (χ0v) is 17.8. The molecule has 1 N–H and O–H groups in total. The number of rotatable bonds is 8. The van der Waals surface area contributed by atoms with Crippen molar-refractivity contribution in [3.05, 3.63) is 89.7 Å². The smallest absolute Gasteiger partial charge is 0.119 e. The molecule has 5 nitrogen and oxygen atoms in total. The first-order valence-electron chi connectivity index (χ1n) is 10.1. The molecule has 0 spiro atoms. The van der Waals surface area contributed by atoms with Crippen LogP contribution in [0.5, 0.6) is 5.75 Å². The largest absolute Gasteiger partial charge is 0.497 e. The molecule has 0 aliphatic rings. The molecule has 3 aromatic carbocycles. The Kier molecular flexibility index (Phi) is 6.00. The standard InChI is InChI=1S/C25H28N4O/c1-28(2)15-19-7-10-22(11-8-19)29(16-20-5-4-6-23(13-20)30-3)17-21-9-12-24-25(14-21)27-18-26-24/h4-14,18H,15-17H2,1-3H3,(H,26,27). The summed E-state index contributed by atoms with van der Waals surface area (Å²) >= 11 is 0. The van der Waals surface area contributed by atoms with Gasteiger partial charge in [-0.05, 0) is 67.2 Å². The zero-order chi connectivity index (χ0) is 20.9. The van der Waals surface area contributed by atoms with Gasteiger partial charge in [-0.25, -0.2) is 4.98 Å². The van der Waals surface area contributed by atoms with E-state index in [9.17, 15) is 0 Å². The van der Waals surface area contributed by atoms with Crippen molar-refractivity contribution in [3.8, 4) is 5.75 Å². The molecule has 0 saturated carbocycles. The van der Waals surface area contributed by atoms with Crippen molar-refractivity contribution >= 4 is 16.7 Å². The molecule has 0 radical (unpaired) electrons. The number of hydrogen-bond acceptors (Lipinski definition) is 4. The minimum atomic E-state index is 0.797. The van der Waals surface area contributed by atoms with Crippen LogP contribution in [0.1, 0.15) is 16.7 Å². The number of H-pyrrole nitrogens is 1. The molecule has 0 aliphatic heterocycles. The van der Waals surface area contributed by atoms with Crippen molar-refractivity contribution in [2.24, 2.45) is 0 Å². The van der Waals surface area contributed by atoms with Crippen LogP contribution in [0.3, 0.4) is 0 Å². The number of nitrogens with one attached hydrogen (secondary N) is 1. The maximum atomic E-state index is 5.42. The summed E-state index contributed by atoms with van der Waals surface area (Å²) in [5.74, 6) is 0.882. The molecule has 0 unspecified atom stereocenters. The molecular weight excluding hydrogens is 372 g/mol. The third-order valence-corrected chi connectivity index (χ3v) is 5.17. The van der Waals surface area contributed by atoms with Gasteiger partial charge in [0.2, 0.25) is 0 Å². The first-order valence-corrected chi connectivity index (χ1v) is 10.1. The van der Waals surface area contributed by atoms with Gasteiger partial charge in [0.25, 0.3) is 0 Å². The molecule has 1 heterocycles. The molecule has 0 amide bonds. The van der Waals surface area contributed by atoms with E-state index in [1.807, 2.05) is 12.1 Å². The van der Waals surface area contributed by atoms with Gasteiger partial charge in [0, 0.05) is 25.3 Å². The fourth-order valence-corrected chi connectivity index (χ4v) is 3.71. The predicted molar refractivity (Wildman–Crippen MR) is 123 cm³/mol. The molecule has 4 aromatic rings. The molecule has 0 fully saturated rings. The molecule has 0 bridgehead atoms. The van der Waals surface area contributed by atoms with E-state index in [1.165, 1.54) is 22.4 Å². The second-order valence-corrected chi connectivity index (χ2v) is 7.87. The molecule has 30 heavy (non-hydrogen) atoms. The number of imidazole rings is 1. The highest BCUT2D eigenvalue weighted by molar-refractivity contribution is 5.75. The Bertz CT molecular complexity index is 1100. The normalized spacial score (nSPS) is 11.2. The summed E-state index contributed by atoms with van der Waals surface area (Å²) in [6, 6.07) is 23.5. The number of ether oxygens (including phenoxy) is 1. The molecule has 5 heteroatoms. The van der Waals surface area contributed by atoms with Crippen LogP contribution in [0.25, 0.3) is 11.0 Å². The van der Waals surface area contributed by atoms with E-state index < -0.39 is 0 Å². The highest BCUT2D eigenvalue weighted by atomic mass is 16.5. The summed E-state index contributed by atoms with van der Waals surface area (Å²) in [6.45, 7) is 2.54. The van der Waals surface area contributed by atoms with Crippen molar-refractivity contribution in [1.82, 2.24) is 14.9 Å². The Balaban J connectivity index is 1.62. The van der Waals surface area contributed by atoms with Crippen LogP contribution in [-0.4, -0.2) is 36.1 Å². The Morgan fingerprint density at radius 3 is 2.30 bits per heavy atom. The lowest BCUT2D eigenvalue weighted by molar-refractivity contribution is 0.402. The van der Waals surface area contributed by atoms with E-state index in [0.717, 1.165) is 36.4 Å². The van der Waals surface area contributed by atoms with Gasteiger partial charge in [0.1, 0.15) is 5.75 Å². The number of anilines is 1. The fourth-order valence-electron chi connectivity index (χ4n) is 3.71. The topological polar surface area (TPSA) is 44.4 Å². The zero-order valence-electron chi connectivity index (χ0n) is 17.8. The number of nitrogens with zero attached hydrogens (tertiary/aromatic N) is 3. The highest BCUT2D eigenvalue weighted by Crippen LogP contribution is 2.24. The van der Waals surface area contributed by atoms with Gasteiger partial charge >= 0.3 is 0 Å². The summed E-state index contributed by atoms with van der Waals surface area (Å²) in [5, 5.41) is 0. The minimum Gasteiger partial charge on any atom is -0.497 e. The first kappa shape index (κ1) is 20.0. The predicted octanol–water partition coefficient (Wildman–Crippen LogP) is 4.84. The van der Waals surface area contributed by atoms with Crippen LogP contribution in [0.4, 0.5) is 5.69 Å². The maximum Gasteiger partial charge on any atom is 0.119 e. The van der Waals surface area contributed by atoms with Gasteiger partial charge in [-0.2, -0.15) is 0 Å². The van der Waals surface area contributed by atoms with Crippen LogP contribution < -0.4 is 9.64 Å². The molecule has 154 valence electrons. The van der Waals surface area contributed by atoms with Crippen molar-refractivity contribution in [2.45, 2.75) is 19.6 Å². The second-order valence-electron chi connectivity index (χ2n) is 7.87. The fraction of sp³-hybridized carbons (Fsp3) is 0.240. The Morgan fingerprint density at radius 2 is 1.57 bits per heavy atom. The van der Waals surface area contributed by atoms with Gasteiger partial charge in [0.15, 0.2) is 0 Å². The Morgan fingerprint density at radius 1 is 0.833 bits per heavy atom. The van der Waals surface area contributed by atoms with Crippen LogP contribution in [-0.2, 0) is 19.6 Å². The van der Waals surface area contributed by atoms with Crippen molar-refractivity contribution < 1.29 is 4.74 Å². The van der Waals surface area contributed by atoms with Gasteiger partial charge in [-0.1, -0.05) is 30.3 Å². The third kappa shape index (κ3) is 4.81. The lowest BCUT2D eigenvalue weighted by Crippen LogP contribution is -2.22. The molecule has 0 atom stereocenters. The number of benzene rings is 3. The molecule has 0 aliphatic carbocycles. The van der Waals surface area contributed by atoms with Gasteiger partial charge in [-0.15, -0.1) is 0 Å². The molecule has 1 aromatic heterocycles. The SMILES string of the molecule is COc1cccc(CN(Cc2ccc3nc[nH]c3c2)c2ccc(CN(C)C)cc2)c1. The molecule has 0 saturated heterocycles. The van der Waals surface area contributed by atoms with Gasteiger partial charge in [-0.3, -0.25) is 0 Å². The third-order valence-electron chi connectivity index (χ3n) is 5.17. The van der Waals surface area contributed by atoms with Crippen LogP contribution in [0.2, 0.25) is 0 Å². The average molecular weight is 401 g/mol. The lowest BCUT2D eigenvalue weighted by atomic mass is 10.1. The number of methoxy groups -OCH3 is 1. The Labute approximate surface area is 177 Å². The van der Waals surface area contributed by atoms with Gasteiger partial charge < -0.3 is 19.5 Å². The summed E-state index contributed by atoms with van der Waals surface area (Å²) in [5.41, 5.74) is 7.02. The highest BCUT2D eigenvalue weighted by Gasteiger charge is 2.11. The van der Waals surface area contributed by atoms with Crippen molar-refractivity contribution in [2.75, 3.05) is 26.1 Å². The van der Waals surface area contributed by atoms with E-state index >= 15 is 0 Å². The van der Waals surface area contributed by atoms with Crippen molar-refractivity contribution in [1.29, 1.82) is 0 Å². The van der Waals surface area contributed by atoms with E-state index in [1.54, 1.807) is 13.4 Å². The van der Waals surface area contributed by atoms with Crippen LogP contribution in [0.15, 0.2) is 73.1 Å². The van der Waals surface area contributed by atoms with E-state index in [-0.39, 0.29) is 0 Å². The molecular formula is C25H28N4O. The maximum absolute atomic E-state index is 5.42. The summed E-state index contributed by atoms with van der Waals surface area (Å²) in [4.78, 5) is 12.1. The summed E-state index contributed by atoms with van der Waals surface area (Å²) in [7, 11) is 5.89. The Hall–Kier alpha value is -3.31. The minimum absolute atomic E-state index is 0.797. The van der Waals surface area contributed by atoms with Crippen molar-refractivity contribution in [3.63, 3.8) is 0 Å². The van der Waals surface area contributed by atoms with Gasteiger partial charge in [0.05, 0.1) is 24.5 Å². The van der Waals surface area contributed by atoms with Crippen LogP contribution >= 0.6 is 0 Å². The van der Waals surface area contributed by atoms with E-state index in [0.29, 0.717) is 0 Å². The lowest BCUT2D eigenvalue weighted by Gasteiger charge is -2.26. The number of aromatic amines is 1. The average Bonchev–Trinajstić information content (AvgIpc) is 3.21. The number of fused-ring (bicyclic) bond motifs is 1. The van der Waals surface area contributed by atoms with Crippen LogP contribution in [0, 0.1) is 0 Å². The quantitative estimate of drug-likeness (QED) is 0.460. The second kappa shape index (κ2) is 9.01. The van der Waals surface area contributed by atoms with E-state index in [4.69, 9.17) is 4.74 Å². The number of hydrogen-bond donors (Lipinski definition) is 1. The van der Waals surface area contributed by atoms with E-state index in [2.05, 4.69) is 88.5 Å². The number of aromatic nitrogens is 2. The first-order chi connectivity index (χ1) is 14.6. The summed E-state index contributed by atoms with van der Waals surface area (Å²) < 4.78 is 5.42. The monoisotopic (exact) mass is 400 g/mol. The molecule has 4 rings (SSSR count). The summed E-state index contributed by atoms with van der Waals surface area (Å²) in [6.07, 6.45) is 1.74.